The summed E-state index contributed by atoms with van der Waals surface area (Å²) in [6.45, 7) is 16.9. The predicted octanol–water partition coefficient (Wildman–Crippen LogP) is 3.25. The van der Waals surface area contributed by atoms with Gasteiger partial charge in [-0.05, 0) is 31.6 Å². The van der Waals surface area contributed by atoms with Gasteiger partial charge in [0.25, 0.3) is 0 Å². The molecule has 23 heavy (non-hydrogen) atoms. The van der Waals surface area contributed by atoms with Crippen molar-refractivity contribution >= 4 is 11.9 Å². The van der Waals surface area contributed by atoms with E-state index in [1.54, 1.807) is 0 Å². The second-order valence-corrected chi connectivity index (χ2v) is 7.92. The SMILES string of the molecule is C=C(C)C(=O)OCC(O)CC(=O)OC(C)(CC(C)(C)C)C(C)C. The van der Waals surface area contributed by atoms with Crippen molar-refractivity contribution in [3.8, 4) is 0 Å². The minimum absolute atomic E-state index is 0.00886. The van der Waals surface area contributed by atoms with Crippen LogP contribution in [0.15, 0.2) is 12.2 Å². The molecule has 2 unspecified atom stereocenters. The van der Waals surface area contributed by atoms with Crippen molar-refractivity contribution in [3.63, 3.8) is 0 Å². The zero-order valence-electron chi connectivity index (χ0n) is 15.6. The van der Waals surface area contributed by atoms with Crippen molar-refractivity contribution in [2.24, 2.45) is 11.3 Å². The predicted molar refractivity (Wildman–Crippen MR) is 89.8 cm³/mol. The maximum Gasteiger partial charge on any atom is 0.333 e. The van der Waals surface area contributed by atoms with Gasteiger partial charge >= 0.3 is 11.9 Å². The van der Waals surface area contributed by atoms with E-state index in [-0.39, 0.29) is 29.9 Å². The third-order valence-electron chi connectivity index (χ3n) is 3.61. The van der Waals surface area contributed by atoms with Crippen LogP contribution < -0.4 is 0 Å². The van der Waals surface area contributed by atoms with Crippen molar-refractivity contribution in [1.82, 2.24) is 0 Å². The quantitative estimate of drug-likeness (QED) is 0.547. The van der Waals surface area contributed by atoms with E-state index in [0.717, 1.165) is 0 Å². The molecule has 0 radical (unpaired) electrons. The number of carbonyl (C=O) groups excluding carboxylic acids is 2. The number of aliphatic hydroxyl groups excluding tert-OH is 1. The van der Waals surface area contributed by atoms with E-state index in [1.165, 1.54) is 6.92 Å². The van der Waals surface area contributed by atoms with Crippen molar-refractivity contribution in [1.29, 1.82) is 0 Å². The topological polar surface area (TPSA) is 72.8 Å². The lowest BCUT2D eigenvalue weighted by Crippen LogP contribution is -2.41. The first-order chi connectivity index (χ1) is 10.3. The van der Waals surface area contributed by atoms with Crippen molar-refractivity contribution in [2.75, 3.05) is 6.61 Å². The van der Waals surface area contributed by atoms with Crippen LogP contribution in [-0.2, 0) is 19.1 Å². The lowest BCUT2D eigenvalue weighted by atomic mass is 9.77. The van der Waals surface area contributed by atoms with E-state index in [0.29, 0.717) is 6.42 Å². The van der Waals surface area contributed by atoms with Gasteiger partial charge in [-0.2, -0.15) is 0 Å². The van der Waals surface area contributed by atoms with Crippen molar-refractivity contribution < 1.29 is 24.2 Å². The van der Waals surface area contributed by atoms with Crippen LogP contribution in [-0.4, -0.2) is 35.4 Å². The van der Waals surface area contributed by atoms with Gasteiger partial charge in [0, 0.05) is 5.57 Å². The summed E-state index contributed by atoms with van der Waals surface area (Å²) in [5.41, 5.74) is -0.351. The van der Waals surface area contributed by atoms with Crippen LogP contribution in [0.3, 0.4) is 0 Å². The molecule has 0 bridgehead atoms. The van der Waals surface area contributed by atoms with E-state index in [9.17, 15) is 14.7 Å². The molecule has 0 aliphatic carbocycles. The average Bonchev–Trinajstić information content (AvgIpc) is 2.32. The Hall–Kier alpha value is -1.36. The molecule has 5 nitrogen and oxygen atoms in total. The Morgan fingerprint density at radius 2 is 1.70 bits per heavy atom. The summed E-state index contributed by atoms with van der Waals surface area (Å²) in [5, 5.41) is 9.81. The largest absolute Gasteiger partial charge is 0.460 e. The maximum absolute atomic E-state index is 12.1. The van der Waals surface area contributed by atoms with Gasteiger partial charge in [-0.25, -0.2) is 4.79 Å². The first-order valence-electron chi connectivity index (χ1n) is 7.99. The fraction of sp³-hybridized carbons (Fsp3) is 0.778. The first-order valence-corrected chi connectivity index (χ1v) is 7.99. The Morgan fingerprint density at radius 3 is 2.09 bits per heavy atom. The van der Waals surface area contributed by atoms with Crippen molar-refractivity contribution in [3.05, 3.63) is 12.2 Å². The molecule has 0 saturated carbocycles. The molecule has 0 saturated heterocycles. The molecule has 0 aromatic rings. The monoisotopic (exact) mass is 328 g/mol. The number of ether oxygens (including phenoxy) is 2. The van der Waals surface area contributed by atoms with E-state index < -0.39 is 23.6 Å². The lowest BCUT2D eigenvalue weighted by Gasteiger charge is -2.38. The summed E-state index contributed by atoms with van der Waals surface area (Å²) in [6.07, 6.45) is -0.586. The molecule has 0 aromatic carbocycles. The number of hydrogen-bond acceptors (Lipinski definition) is 5. The summed E-state index contributed by atoms with van der Waals surface area (Å²) in [4.78, 5) is 23.4. The highest BCUT2D eigenvalue weighted by molar-refractivity contribution is 5.86. The van der Waals surface area contributed by atoms with E-state index in [1.807, 2.05) is 20.8 Å². The summed E-state index contributed by atoms with van der Waals surface area (Å²) >= 11 is 0. The molecule has 2 atom stereocenters. The molecule has 1 N–H and O–H groups in total. The van der Waals surface area contributed by atoms with Gasteiger partial charge in [0.15, 0.2) is 0 Å². The zero-order chi connectivity index (χ0) is 18.4. The highest BCUT2D eigenvalue weighted by Gasteiger charge is 2.37. The van der Waals surface area contributed by atoms with E-state index >= 15 is 0 Å². The zero-order valence-corrected chi connectivity index (χ0v) is 15.6. The van der Waals surface area contributed by atoms with Gasteiger partial charge in [-0.1, -0.05) is 41.2 Å². The van der Waals surface area contributed by atoms with Crippen LogP contribution in [0.5, 0.6) is 0 Å². The van der Waals surface area contributed by atoms with Gasteiger partial charge in [-0.15, -0.1) is 0 Å². The Balaban J connectivity index is 4.59. The van der Waals surface area contributed by atoms with E-state index in [4.69, 9.17) is 9.47 Å². The van der Waals surface area contributed by atoms with Crippen LogP contribution in [0, 0.1) is 11.3 Å². The molecule has 0 fully saturated rings. The summed E-state index contributed by atoms with van der Waals surface area (Å²) in [5.74, 6) is -0.939. The summed E-state index contributed by atoms with van der Waals surface area (Å²) in [6, 6.07) is 0. The Labute approximate surface area is 140 Å². The molecule has 0 aliphatic heterocycles. The molecular weight excluding hydrogens is 296 g/mol. The van der Waals surface area contributed by atoms with Gasteiger partial charge in [-0.3, -0.25) is 4.79 Å². The van der Waals surface area contributed by atoms with Crippen LogP contribution in [0.1, 0.15) is 61.3 Å². The van der Waals surface area contributed by atoms with Crippen LogP contribution in [0.25, 0.3) is 0 Å². The minimum Gasteiger partial charge on any atom is -0.460 e. The van der Waals surface area contributed by atoms with Crippen molar-refractivity contribution in [2.45, 2.75) is 73.0 Å². The molecule has 0 heterocycles. The molecule has 5 heteroatoms. The van der Waals surface area contributed by atoms with Gasteiger partial charge in [0.05, 0.1) is 12.5 Å². The smallest absolute Gasteiger partial charge is 0.333 e. The standard InChI is InChI=1S/C18H32O5/c1-12(2)16(21)22-10-14(19)9-15(20)23-18(8,13(3)4)11-17(5,6)7/h13-14,19H,1,9-11H2,2-8H3. The van der Waals surface area contributed by atoms with Crippen LogP contribution in [0.4, 0.5) is 0 Å². The molecule has 0 aliphatic rings. The second kappa shape index (κ2) is 8.48. The van der Waals surface area contributed by atoms with Gasteiger partial charge in [0.2, 0.25) is 0 Å². The van der Waals surface area contributed by atoms with E-state index in [2.05, 4.69) is 27.4 Å². The molecule has 134 valence electrons. The van der Waals surface area contributed by atoms with Crippen LogP contribution >= 0.6 is 0 Å². The number of aliphatic hydroxyl groups is 1. The molecule has 0 aromatic heterocycles. The highest BCUT2D eigenvalue weighted by Crippen LogP contribution is 2.35. The number of esters is 2. The fourth-order valence-electron chi connectivity index (χ4n) is 2.26. The normalized spacial score (nSPS) is 15.7. The first kappa shape index (κ1) is 21.6. The Bertz CT molecular complexity index is 433. The minimum atomic E-state index is -1.09. The Kier molecular flexibility index (Phi) is 7.98. The van der Waals surface area contributed by atoms with Gasteiger partial charge in [0.1, 0.15) is 12.2 Å². The lowest BCUT2D eigenvalue weighted by molar-refractivity contribution is -0.170. The number of rotatable bonds is 8. The molecular formula is C18H32O5. The summed E-state index contributed by atoms with van der Waals surface area (Å²) < 4.78 is 10.5. The van der Waals surface area contributed by atoms with Gasteiger partial charge < -0.3 is 14.6 Å². The average molecular weight is 328 g/mol. The molecule has 0 amide bonds. The number of hydrogen-bond donors (Lipinski definition) is 1. The Morgan fingerprint density at radius 1 is 1.17 bits per heavy atom. The second-order valence-electron chi connectivity index (χ2n) is 7.92. The molecule has 0 spiro atoms. The third-order valence-corrected chi connectivity index (χ3v) is 3.61. The highest BCUT2D eigenvalue weighted by atomic mass is 16.6. The van der Waals surface area contributed by atoms with Crippen LogP contribution in [0.2, 0.25) is 0 Å². The number of carbonyl (C=O) groups is 2. The maximum atomic E-state index is 12.1. The summed E-state index contributed by atoms with van der Waals surface area (Å²) in [7, 11) is 0. The third kappa shape index (κ3) is 8.74. The fourth-order valence-corrected chi connectivity index (χ4v) is 2.26. The molecule has 0 rings (SSSR count).